The molecule has 0 bridgehead atoms. The molecule has 1 amide bonds. The molecule has 3 nitrogen and oxygen atoms in total. The first-order valence-corrected chi connectivity index (χ1v) is 5.58. The Morgan fingerprint density at radius 3 is 2.53 bits per heavy atom. The van der Waals surface area contributed by atoms with Crippen LogP contribution in [0.5, 0.6) is 0 Å². The van der Waals surface area contributed by atoms with E-state index in [9.17, 15) is 4.79 Å². The maximum absolute atomic E-state index is 11.9. The Morgan fingerprint density at radius 2 is 1.94 bits per heavy atom. The lowest BCUT2D eigenvalue weighted by Gasteiger charge is -2.13. The molecule has 2 rings (SSSR count). The van der Waals surface area contributed by atoms with E-state index in [0.717, 1.165) is 5.56 Å². The van der Waals surface area contributed by atoms with Crippen LogP contribution in [0.3, 0.4) is 0 Å². The van der Waals surface area contributed by atoms with Crippen LogP contribution in [0.1, 0.15) is 34.6 Å². The van der Waals surface area contributed by atoms with Crippen molar-refractivity contribution < 1.29 is 9.21 Å². The Hall–Kier alpha value is -2.03. The summed E-state index contributed by atoms with van der Waals surface area (Å²) in [4.78, 5) is 11.9. The number of hydrogen-bond donors (Lipinski definition) is 1. The first kappa shape index (κ1) is 11.5. The highest BCUT2D eigenvalue weighted by Crippen LogP contribution is 2.14. The highest BCUT2D eigenvalue weighted by Gasteiger charge is 2.14. The second-order valence-electron chi connectivity index (χ2n) is 4.00. The fraction of sp³-hybridized carbons (Fsp3) is 0.214. The summed E-state index contributed by atoms with van der Waals surface area (Å²) in [6.45, 7) is 3.74. The third-order valence-corrected chi connectivity index (χ3v) is 2.75. The number of nitrogens with one attached hydrogen (secondary N) is 1. The number of furan rings is 1. The second kappa shape index (κ2) is 4.87. The van der Waals surface area contributed by atoms with Gasteiger partial charge in [0, 0.05) is 0 Å². The van der Waals surface area contributed by atoms with Gasteiger partial charge in [0.15, 0.2) is 0 Å². The SMILES string of the molecule is Cc1occc1C(=O)NC(C)c1ccccc1. The van der Waals surface area contributed by atoms with Gasteiger partial charge >= 0.3 is 0 Å². The molecule has 1 atom stereocenters. The fourth-order valence-electron chi connectivity index (χ4n) is 1.72. The standard InChI is InChI=1S/C14H15NO2/c1-10(12-6-4-3-5-7-12)15-14(16)13-8-9-17-11(13)2/h3-10H,1-2H3,(H,15,16). The maximum Gasteiger partial charge on any atom is 0.255 e. The van der Waals surface area contributed by atoms with Gasteiger partial charge in [0.1, 0.15) is 5.76 Å². The zero-order valence-electron chi connectivity index (χ0n) is 9.94. The summed E-state index contributed by atoms with van der Waals surface area (Å²) in [6.07, 6.45) is 1.53. The summed E-state index contributed by atoms with van der Waals surface area (Å²) in [7, 11) is 0. The number of aryl methyl sites for hydroxylation is 1. The monoisotopic (exact) mass is 229 g/mol. The zero-order chi connectivity index (χ0) is 12.3. The van der Waals surface area contributed by atoms with Crippen LogP contribution in [0.4, 0.5) is 0 Å². The summed E-state index contributed by atoms with van der Waals surface area (Å²) in [5.74, 6) is 0.537. The Kier molecular flexibility index (Phi) is 3.28. The van der Waals surface area contributed by atoms with Crippen molar-refractivity contribution in [2.75, 3.05) is 0 Å². The van der Waals surface area contributed by atoms with E-state index in [1.54, 1.807) is 13.0 Å². The van der Waals surface area contributed by atoms with Gasteiger partial charge in [-0.05, 0) is 25.5 Å². The zero-order valence-corrected chi connectivity index (χ0v) is 9.94. The number of hydrogen-bond acceptors (Lipinski definition) is 2. The minimum absolute atomic E-state index is 0.0157. The molecule has 17 heavy (non-hydrogen) atoms. The van der Waals surface area contributed by atoms with Gasteiger partial charge in [-0.25, -0.2) is 0 Å². The Bertz CT molecular complexity index is 502. The molecule has 0 saturated heterocycles. The Labute approximate surface area is 100 Å². The highest BCUT2D eigenvalue weighted by molar-refractivity contribution is 5.95. The lowest BCUT2D eigenvalue weighted by Crippen LogP contribution is -2.26. The predicted molar refractivity (Wildman–Crippen MR) is 65.8 cm³/mol. The van der Waals surface area contributed by atoms with Crippen molar-refractivity contribution in [3.63, 3.8) is 0 Å². The molecule has 0 aliphatic heterocycles. The van der Waals surface area contributed by atoms with Gasteiger partial charge in [0.2, 0.25) is 0 Å². The second-order valence-corrected chi connectivity index (χ2v) is 4.00. The molecule has 1 aromatic heterocycles. The molecular formula is C14H15NO2. The molecule has 0 spiro atoms. The number of rotatable bonds is 3. The van der Waals surface area contributed by atoms with Gasteiger partial charge in [-0.15, -0.1) is 0 Å². The first-order valence-electron chi connectivity index (χ1n) is 5.58. The van der Waals surface area contributed by atoms with Crippen LogP contribution in [0, 0.1) is 6.92 Å². The summed E-state index contributed by atoms with van der Waals surface area (Å²) >= 11 is 0. The normalized spacial score (nSPS) is 12.1. The van der Waals surface area contributed by atoms with Gasteiger partial charge < -0.3 is 9.73 Å². The van der Waals surface area contributed by atoms with E-state index in [4.69, 9.17) is 4.42 Å². The summed E-state index contributed by atoms with van der Waals surface area (Å²) < 4.78 is 5.11. The molecule has 1 aromatic carbocycles. The van der Waals surface area contributed by atoms with E-state index in [1.807, 2.05) is 37.3 Å². The maximum atomic E-state index is 11.9. The van der Waals surface area contributed by atoms with Crippen molar-refractivity contribution in [3.8, 4) is 0 Å². The third-order valence-electron chi connectivity index (χ3n) is 2.75. The highest BCUT2D eigenvalue weighted by atomic mass is 16.3. The van der Waals surface area contributed by atoms with Gasteiger partial charge in [-0.2, -0.15) is 0 Å². The molecule has 0 saturated carbocycles. The van der Waals surface area contributed by atoms with E-state index < -0.39 is 0 Å². The molecule has 0 aliphatic carbocycles. The van der Waals surface area contributed by atoms with E-state index in [0.29, 0.717) is 11.3 Å². The minimum atomic E-state index is -0.104. The van der Waals surface area contributed by atoms with Crippen LogP contribution in [0.25, 0.3) is 0 Å². The van der Waals surface area contributed by atoms with Crippen LogP contribution in [-0.2, 0) is 0 Å². The summed E-state index contributed by atoms with van der Waals surface area (Å²) in [6, 6.07) is 11.5. The average molecular weight is 229 g/mol. The summed E-state index contributed by atoms with van der Waals surface area (Å²) in [5.41, 5.74) is 1.68. The van der Waals surface area contributed by atoms with Crippen LogP contribution >= 0.6 is 0 Å². The molecule has 0 radical (unpaired) electrons. The van der Waals surface area contributed by atoms with E-state index in [2.05, 4.69) is 5.32 Å². The Balaban J connectivity index is 2.08. The predicted octanol–water partition coefficient (Wildman–Crippen LogP) is 3.08. The lowest BCUT2D eigenvalue weighted by atomic mass is 10.1. The summed E-state index contributed by atoms with van der Waals surface area (Å²) in [5, 5.41) is 2.94. The van der Waals surface area contributed by atoms with Gasteiger partial charge in [0.25, 0.3) is 5.91 Å². The molecule has 88 valence electrons. The van der Waals surface area contributed by atoms with Crippen LogP contribution in [0.15, 0.2) is 47.1 Å². The van der Waals surface area contributed by atoms with Crippen LogP contribution in [0.2, 0.25) is 0 Å². The van der Waals surface area contributed by atoms with Crippen LogP contribution in [-0.4, -0.2) is 5.91 Å². The molecule has 0 aliphatic rings. The number of carbonyl (C=O) groups excluding carboxylic acids is 1. The van der Waals surface area contributed by atoms with Gasteiger partial charge in [-0.1, -0.05) is 30.3 Å². The van der Waals surface area contributed by atoms with Crippen molar-refractivity contribution in [1.82, 2.24) is 5.32 Å². The third kappa shape index (κ3) is 2.56. The van der Waals surface area contributed by atoms with Crippen molar-refractivity contribution in [2.24, 2.45) is 0 Å². The topological polar surface area (TPSA) is 42.2 Å². The van der Waals surface area contributed by atoms with Crippen molar-refractivity contribution >= 4 is 5.91 Å². The molecule has 2 aromatic rings. The molecule has 1 heterocycles. The first-order chi connectivity index (χ1) is 8.18. The molecule has 0 fully saturated rings. The van der Waals surface area contributed by atoms with Gasteiger partial charge in [-0.3, -0.25) is 4.79 Å². The minimum Gasteiger partial charge on any atom is -0.469 e. The van der Waals surface area contributed by atoms with E-state index >= 15 is 0 Å². The van der Waals surface area contributed by atoms with Crippen molar-refractivity contribution in [2.45, 2.75) is 19.9 Å². The van der Waals surface area contributed by atoms with Crippen molar-refractivity contribution in [1.29, 1.82) is 0 Å². The molecular weight excluding hydrogens is 214 g/mol. The number of benzene rings is 1. The quantitative estimate of drug-likeness (QED) is 0.878. The molecule has 3 heteroatoms. The van der Waals surface area contributed by atoms with E-state index in [-0.39, 0.29) is 11.9 Å². The Morgan fingerprint density at radius 1 is 1.24 bits per heavy atom. The average Bonchev–Trinajstić information content (AvgIpc) is 2.76. The fourth-order valence-corrected chi connectivity index (χ4v) is 1.72. The van der Waals surface area contributed by atoms with Gasteiger partial charge in [0.05, 0.1) is 17.9 Å². The lowest BCUT2D eigenvalue weighted by molar-refractivity contribution is 0.0938. The van der Waals surface area contributed by atoms with Crippen LogP contribution < -0.4 is 5.32 Å². The number of carbonyl (C=O) groups is 1. The van der Waals surface area contributed by atoms with E-state index in [1.165, 1.54) is 6.26 Å². The largest absolute Gasteiger partial charge is 0.469 e. The molecule has 1 N–H and O–H groups in total. The van der Waals surface area contributed by atoms with Crippen molar-refractivity contribution in [3.05, 3.63) is 59.5 Å². The number of amides is 1. The molecule has 1 unspecified atom stereocenters. The smallest absolute Gasteiger partial charge is 0.255 e.